The number of nitrogens with one attached hydrogen (secondary N) is 2. The normalized spacial score (nSPS) is 10.2. The minimum atomic E-state index is -0.640. The van der Waals surface area contributed by atoms with Crippen LogP contribution >= 0.6 is 11.3 Å². The molecule has 8 heteroatoms. The molecule has 0 saturated heterocycles. The number of benzene rings is 2. The Morgan fingerprint density at radius 1 is 1.00 bits per heavy atom. The van der Waals surface area contributed by atoms with Gasteiger partial charge >= 0.3 is 6.03 Å². The smallest absolute Gasteiger partial charge is 0.316 e. The Kier molecular flexibility index (Phi) is 5.45. The number of carbonyl (C=O) groups is 2. The van der Waals surface area contributed by atoms with E-state index in [1.165, 1.54) is 11.3 Å². The maximum atomic E-state index is 12.3. The number of nitrogens with two attached hydrogens (primary N) is 1. The summed E-state index contributed by atoms with van der Waals surface area (Å²) >= 11 is 1.51. The van der Waals surface area contributed by atoms with Gasteiger partial charge in [0.25, 0.3) is 5.91 Å². The third-order valence-corrected chi connectivity index (χ3v) is 4.03. The maximum Gasteiger partial charge on any atom is 0.316 e. The summed E-state index contributed by atoms with van der Waals surface area (Å²) < 4.78 is 5.62. The van der Waals surface area contributed by atoms with E-state index in [0.717, 1.165) is 5.69 Å². The molecule has 0 saturated carbocycles. The van der Waals surface area contributed by atoms with Gasteiger partial charge in [-0.15, -0.1) is 11.3 Å². The maximum absolute atomic E-state index is 12.3. The van der Waals surface area contributed by atoms with Crippen LogP contribution in [-0.4, -0.2) is 16.9 Å². The van der Waals surface area contributed by atoms with Gasteiger partial charge in [0.05, 0.1) is 11.2 Å². The van der Waals surface area contributed by atoms with Gasteiger partial charge in [-0.25, -0.2) is 9.78 Å². The molecule has 0 unspecified atom stereocenters. The van der Waals surface area contributed by atoms with Crippen LogP contribution in [0.25, 0.3) is 0 Å². The van der Waals surface area contributed by atoms with E-state index < -0.39 is 6.03 Å². The zero-order valence-corrected chi connectivity index (χ0v) is 14.5. The van der Waals surface area contributed by atoms with Crippen LogP contribution < -0.4 is 21.1 Å². The fourth-order valence-electron chi connectivity index (χ4n) is 2.15. The average molecular weight is 368 g/mol. The van der Waals surface area contributed by atoms with Crippen molar-refractivity contribution in [1.82, 2.24) is 4.98 Å². The van der Waals surface area contributed by atoms with E-state index in [4.69, 9.17) is 10.5 Å². The van der Waals surface area contributed by atoms with Crippen LogP contribution in [0.5, 0.6) is 5.75 Å². The summed E-state index contributed by atoms with van der Waals surface area (Å²) in [5.74, 6) is 0.420. The molecule has 132 valence electrons. The molecule has 1 heterocycles. The van der Waals surface area contributed by atoms with Gasteiger partial charge in [-0.1, -0.05) is 0 Å². The quantitative estimate of drug-likeness (QED) is 0.619. The molecule has 0 spiro atoms. The highest BCUT2D eigenvalue weighted by Gasteiger charge is 2.07. The van der Waals surface area contributed by atoms with E-state index in [9.17, 15) is 9.59 Å². The summed E-state index contributed by atoms with van der Waals surface area (Å²) in [6.45, 7) is 0.390. The van der Waals surface area contributed by atoms with Crippen LogP contribution in [0.15, 0.2) is 59.4 Å². The molecule has 0 fully saturated rings. The van der Waals surface area contributed by atoms with Crippen LogP contribution in [0.1, 0.15) is 16.1 Å². The number of hydrogen-bond donors (Lipinski definition) is 3. The highest BCUT2D eigenvalue weighted by atomic mass is 32.1. The Labute approximate surface area is 153 Å². The van der Waals surface area contributed by atoms with E-state index in [-0.39, 0.29) is 5.91 Å². The summed E-state index contributed by atoms with van der Waals surface area (Å²) in [6, 6.07) is 12.9. The van der Waals surface area contributed by atoms with Gasteiger partial charge in [0.2, 0.25) is 0 Å². The molecule has 4 N–H and O–H groups in total. The number of anilines is 2. The number of urea groups is 1. The standard InChI is InChI=1S/C18H16N4O3S/c19-18(24)22-14-5-3-13(4-6-14)21-17(23)12-1-7-16(8-2-12)25-9-15-10-26-11-20-15/h1-8,10-11H,9H2,(H,21,23)(H3,19,22,24). The Morgan fingerprint density at radius 3 is 2.23 bits per heavy atom. The minimum Gasteiger partial charge on any atom is -0.487 e. The lowest BCUT2D eigenvalue weighted by Gasteiger charge is -2.08. The van der Waals surface area contributed by atoms with Crippen molar-refractivity contribution in [3.8, 4) is 5.75 Å². The number of carbonyl (C=O) groups excluding carboxylic acids is 2. The third-order valence-electron chi connectivity index (χ3n) is 3.40. The topological polar surface area (TPSA) is 106 Å². The van der Waals surface area contributed by atoms with E-state index in [1.54, 1.807) is 54.0 Å². The number of amides is 3. The molecule has 2 aromatic carbocycles. The third kappa shape index (κ3) is 4.81. The van der Waals surface area contributed by atoms with Crippen molar-refractivity contribution in [1.29, 1.82) is 0 Å². The molecule has 3 amide bonds. The van der Waals surface area contributed by atoms with Crippen molar-refractivity contribution in [3.05, 3.63) is 70.7 Å². The molecule has 3 rings (SSSR count). The van der Waals surface area contributed by atoms with Gasteiger partial charge < -0.3 is 21.1 Å². The van der Waals surface area contributed by atoms with Crippen molar-refractivity contribution < 1.29 is 14.3 Å². The van der Waals surface area contributed by atoms with Crippen molar-refractivity contribution in [3.63, 3.8) is 0 Å². The van der Waals surface area contributed by atoms with E-state index in [1.807, 2.05) is 5.38 Å². The summed E-state index contributed by atoms with van der Waals surface area (Å²) in [7, 11) is 0. The van der Waals surface area contributed by atoms with Crippen LogP contribution in [0, 0.1) is 0 Å². The predicted molar refractivity (Wildman–Crippen MR) is 100 cm³/mol. The predicted octanol–water partition coefficient (Wildman–Crippen LogP) is 3.47. The fourth-order valence-corrected chi connectivity index (χ4v) is 2.69. The first-order valence-corrected chi connectivity index (χ1v) is 8.62. The molecule has 0 aliphatic rings. The Morgan fingerprint density at radius 2 is 1.65 bits per heavy atom. The number of ether oxygens (including phenoxy) is 1. The molecule has 0 bridgehead atoms. The lowest BCUT2D eigenvalue weighted by atomic mass is 10.2. The Bertz CT molecular complexity index is 878. The number of aromatic nitrogens is 1. The summed E-state index contributed by atoms with van der Waals surface area (Å²) in [6.07, 6.45) is 0. The number of nitrogens with zero attached hydrogens (tertiary/aromatic N) is 1. The molecule has 26 heavy (non-hydrogen) atoms. The number of thiazole rings is 1. The fraction of sp³-hybridized carbons (Fsp3) is 0.0556. The van der Waals surface area contributed by atoms with E-state index in [2.05, 4.69) is 15.6 Å². The Hall–Kier alpha value is -3.39. The average Bonchev–Trinajstić information content (AvgIpc) is 3.15. The van der Waals surface area contributed by atoms with Gasteiger partial charge in [-0.2, -0.15) is 0 Å². The number of primary amides is 1. The first-order valence-electron chi connectivity index (χ1n) is 7.68. The van der Waals surface area contributed by atoms with Crippen LogP contribution in [-0.2, 0) is 6.61 Å². The summed E-state index contributed by atoms with van der Waals surface area (Å²) in [5, 5.41) is 7.16. The lowest BCUT2D eigenvalue weighted by molar-refractivity contribution is 0.102. The zero-order valence-electron chi connectivity index (χ0n) is 13.6. The van der Waals surface area contributed by atoms with Crippen molar-refractivity contribution in [2.45, 2.75) is 6.61 Å². The second-order valence-electron chi connectivity index (χ2n) is 5.31. The van der Waals surface area contributed by atoms with E-state index >= 15 is 0 Å². The number of hydrogen-bond acceptors (Lipinski definition) is 5. The molecule has 0 radical (unpaired) electrons. The Balaban J connectivity index is 1.56. The van der Waals surface area contributed by atoms with Gasteiger partial charge in [-0.3, -0.25) is 4.79 Å². The molecule has 0 aliphatic carbocycles. The zero-order chi connectivity index (χ0) is 18.4. The lowest BCUT2D eigenvalue weighted by Crippen LogP contribution is -2.19. The highest BCUT2D eigenvalue weighted by molar-refractivity contribution is 7.07. The van der Waals surface area contributed by atoms with Gasteiger partial charge in [0.15, 0.2) is 0 Å². The summed E-state index contributed by atoms with van der Waals surface area (Å²) in [4.78, 5) is 27.2. The SMILES string of the molecule is NC(=O)Nc1ccc(NC(=O)c2ccc(OCc3cscn3)cc2)cc1. The molecular formula is C18H16N4O3S. The van der Waals surface area contributed by atoms with Crippen molar-refractivity contribution in [2.75, 3.05) is 10.6 Å². The molecule has 0 aliphatic heterocycles. The van der Waals surface area contributed by atoms with Gasteiger partial charge in [-0.05, 0) is 48.5 Å². The second kappa shape index (κ2) is 8.13. The monoisotopic (exact) mass is 368 g/mol. The molecule has 7 nitrogen and oxygen atoms in total. The first-order chi connectivity index (χ1) is 12.6. The van der Waals surface area contributed by atoms with Gasteiger partial charge in [0.1, 0.15) is 12.4 Å². The molecule has 3 aromatic rings. The van der Waals surface area contributed by atoms with Crippen molar-refractivity contribution in [2.24, 2.45) is 5.73 Å². The van der Waals surface area contributed by atoms with Crippen molar-refractivity contribution >= 4 is 34.6 Å². The highest BCUT2D eigenvalue weighted by Crippen LogP contribution is 2.17. The molecule has 1 aromatic heterocycles. The first kappa shape index (κ1) is 17.4. The summed E-state index contributed by atoms with van der Waals surface area (Å²) in [5.41, 5.74) is 9.33. The van der Waals surface area contributed by atoms with E-state index in [0.29, 0.717) is 29.3 Å². The van der Waals surface area contributed by atoms with Crippen LogP contribution in [0.2, 0.25) is 0 Å². The largest absolute Gasteiger partial charge is 0.487 e. The second-order valence-corrected chi connectivity index (χ2v) is 6.03. The van der Waals surface area contributed by atoms with Crippen LogP contribution in [0.4, 0.5) is 16.2 Å². The molecular weight excluding hydrogens is 352 g/mol. The van der Waals surface area contributed by atoms with Crippen LogP contribution in [0.3, 0.4) is 0 Å². The minimum absolute atomic E-state index is 0.244. The number of rotatable bonds is 6. The molecule has 0 atom stereocenters. The van der Waals surface area contributed by atoms with Gasteiger partial charge in [0, 0.05) is 22.3 Å².